The van der Waals surface area contributed by atoms with E-state index in [0.29, 0.717) is 16.3 Å². The second kappa shape index (κ2) is 10.3. The van der Waals surface area contributed by atoms with Gasteiger partial charge in [0.2, 0.25) is 5.91 Å². The SMILES string of the molecule is Cc1nc(C)c(C(=O)N(Cc2ccccc2)C(C(=O)NCc2ccco2)c2ccccc2)s1. The summed E-state index contributed by atoms with van der Waals surface area (Å²) in [5.74, 6) is 0.148. The highest BCUT2D eigenvalue weighted by molar-refractivity contribution is 7.13. The molecule has 0 saturated heterocycles. The van der Waals surface area contributed by atoms with Crippen LogP contribution in [0.2, 0.25) is 0 Å². The molecule has 2 aromatic heterocycles. The van der Waals surface area contributed by atoms with E-state index in [2.05, 4.69) is 10.3 Å². The van der Waals surface area contributed by atoms with Gasteiger partial charge >= 0.3 is 0 Å². The molecule has 1 atom stereocenters. The monoisotopic (exact) mass is 459 g/mol. The van der Waals surface area contributed by atoms with Gasteiger partial charge in [-0.3, -0.25) is 9.59 Å². The zero-order chi connectivity index (χ0) is 23.2. The van der Waals surface area contributed by atoms with Crippen LogP contribution in [0.4, 0.5) is 0 Å². The highest BCUT2D eigenvalue weighted by Crippen LogP contribution is 2.29. The first-order valence-corrected chi connectivity index (χ1v) is 11.5. The minimum atomic E-state index is -0.823. The number of furan rings is 1. The summed E-state index contributed by atoms with van der Waals surface area (Å²) in [7, 11) is 0. The van der Waals surface area contributed by atoms with E-state index in [1.54, 1.807) is 23.3 Å². The van der Waals surface area contributed by atoms with E-state index in [4.69, 9.17) is 4.42 Å². The molecule has 0 aliphatic carbocycles. The highest BCUT2D eigenvalue weighted by atomic mass is 32.1. The number of hydrogen-bond acceptors (Lipinski definition) is 5. The lowest BCUT2D eigenvalue weighted by molar-refractivity contribution is -0.126. The largest absolute Gasteiger partial charge is 0.467 e. The highest BCUT2D eigenvalue weighted by Gasteiger charge is 2.33. The molecule has 4 rings (SSSR count). The summed E-state index contributed by atoms with van der Waals surface area (Å²) < 4.78 is 5.36. The minimum absolute atomic E-state index is 0.219. The van der Waals surface area contributed by atoms with E-state index in [-0.39, 0.29) is 24.9 Å². The molecule has 168 valence electrons. The van der Waals surface area contributed by atoms with Crippen molar-refractivity contribution in [2.45, 2.75) is 33.0 Å². The van der Waals surface area contributed by atoms with Crippen LogP contribution in [0.25, 0.3) is 0 Å². The molecule has 7 heteroatoms. The van der Waals surface area contributed by atoms with E-state index in [9.17, 15) is 9.59 Å². The maximum atomic E-state index is 13.8. The topological polar surface area (TPSA) is 75.4 Å². The molecule has 2 heterocycles. The number of benzene rings is 2. The first-order chi connectivity index (χ1) is 16.0. The van der Waals surface area contributed by atoms with Gasteiger partial charge in [-0.25, -0.2) is 4.98 Å². The summed E-state index contributed by atoms with van der Waals surface area (Å²) in [6, 6.07) is 21.8. The Hall–Kier alpha value is -3.71. The lowest BCUT2D eigenvalue weighted by Gasteiger charge is -2.31. The van der Waals surface area contributed by atoms with Crippen LogP contribution in [0.15, 0.2) is 83.5 Å². The van der Waals surface area contributed by atoms with Crippen molar-refractivity contribution >= 4 is 23.2 Å². The van der Waals surface area contributed by atoms with E-state index in [0.717, 1.165) is 16.1 Å². The van der Waals surface area contributed by atoms with Gasteiger partial charge in [-0.15, -0.1) is 11.3 Å². The van der Waals surface area contributed by atoms with Crippen LogP contribution in [0.5, 0.6) is 0 Å². The van der Waals surface area contributed by atoms with Crippen LogP contribution in [0, 0.1) is 13.8 Å². The minimum Gasteiger partial charge on any atom is -0.467 e. The van der Waals surface area contributed by atoms with E-state index < -0.39 is 6.04 Å². The van der Waals surface area contributed by atoms with Gasteiger partial charge in [0.05, 0.1) is 23.5 Å². The lowest BCUT2D eigenvalue weighted by Crippen LogP contribution is -2.43. The average Bonchev–Trinajstić information content (AvgIpc) is 3.47. The first-order valence-electron chi connectivity index (χ1n) is 10.7. The van der Waals surface area contributed by atoms with Crippen molar-refractivity contribution < 1.29 is 14.0 Å². The van der Waals surface area contributed by atoms with Gasteiger partial charge in [-0.1, -0.05) is 60.7 Å². The van der Waals surface area contributed by atoms with E-state index in [1.165, 1.54) is 11.3 Å². The molecular formula is C26H25N3O3S. The lowest BCUT2D eigenvalue weighted by atomic mass is 10.0. The standard InChI is InChI=1S/C26H25N3O3S/c1-18-24(33-19(2)28-18)26(31)29(17-20-10-5-3-6-11-20)23(21-12-7-4-8-13-21)25(30)27-16-22-14-9-15-32-22/h3-15,23H,16-17H2,1-2H3,(H,27,30). The fourth-order valence-corrected chi connectivity index (χ4v) is 4.59. The second-order valence-electron chi connectivity index (χ2n) is 7.68. The molecule has 1 N–H and O–H groups in total. The number of carbonyl (C=O) groups excluding carboxylic acids is 2. The van der Waals surface area contributed by atoms with Gasteiger partial charge < -0.3 is 14.6 Å². The van der Waals surface area contributed by atoms with Gasteiger partial charge in [0.25, 0.3) is 5.91 Å². The summed E-state index contributed by atoms with van der Waals surface area (Å²) in [4.78, 5) is 34.0. The Morgan fingerprint density at radius 3 is 2.30 bits per heavy atom. The Balaban J connectivity index is 1.73. The van der Waals surface area contributed by atoms with Crippen LogP contribution in [0.1, 0.15) is 43.3 Å². The number of hydrogen-bond donors (Lipinski definition) is 1. The van der Waals surface area contributed by atoms with Gasteiger partial charge in [0, 0.05) is 6.54 Å². The number of aromatic nitrogens is 1. The van der Waals surface area contributed by atoms with Crippen molar-refractivity contribution in [3.63, 3.8) is 0 Å². The van der Waals surface area contributed by atoms with Gasteiger partial charge in [-0.2, -0.15) is 0 Å². The van der Waals surface area contributed by atoms with Crippen molar-refractivity contribution in [2.24, 2.45) is 0 Å². The number of rotatable bonds is 8. The Morgan fingerprint density at radius 1 is 1.00 bits per heavy atom. The van der Waals surface area contributed by atoms with Crippen molar-refractivity contribution in [3.8, 4) is 0 Å². The fraction of sp³-hybridized carbons (Fsp3) is 0.192. The van der Waals surface area contributed by atoms with Gasteiger partial charge in [0.15, 0.2) is 0 Å². The molecule has 33 heavy (non-hydrogen) atoms. The molecule has 0 aliphatic heterocycles. The van der Waals surface area contributed by atoms with E-state index >= 15 is 0 Å². The van der Waals surface area contributed by atoms with Crippen molar-refractivity contribution in [1.82, 2.24) is 15.2 Å². The predicted octanol–water partition coefficient (Wildman–Crippen LogP) is 5.05. The van der Waals surface area contributed by atoms with Crippen LogP contribution in [-0.2, 0) is 17.9 Å². The Morgan fingerprint density at radius 2 is 1.70 bits per heavy atom. The molecule has 6 nitrogen and oxygen atoms in total. The normalized spacial score (nSPS) is 11.7. The summed E-state index contributed by atoms with van der Waals surface area (Å²) in [6.45, 7) is 4.22. The fourth-order valence-electron chi connectivity index (χ4n) is 3.71. The molecular weight excluding hydrogens is 434 g/mol. The van der Waals surface area contributed by atoms with Crippen LogP contribution in [-0.4, -0.2) is 21.7 Å². The molecule has 4 aromatic rings. The Kier molecular flexibility index (Phi) is 7.00. The first kappa shape index (κ1) is 22.5. The zero-order valence-corrected chi connectivity index (χ0v) is 19.3. The number of aryl methyl sites for hydroxylation is 2. The van der Waals surface area contributed by atoms with Crippen LogP contribution >= 0.6 is 11.3 Å². The summed E-state index contributed by atoms with van der Waals surface area (Å²) in [6.07, 6.45) is 1.57. The maximum Gasteiger partial charge on any atom is 0.267 e. The third kappa shape index (κ3) is 5.38. The predicted molar refractivity (Wildman–Crippen MR) is 128 cm³/mol. The number of amides is 2. The van der Waals surface area contributed by atoms with Crippen molar-refractivity contribution in [1.29, 1.82) is 0 Å². The summed E-state index contributed by atoms with van der Waals surface area (Å²) >= 11 is 1.35. The molecule has 2 aromatic carbocycles. The van der Waals surface area contributed by atoms with Crippen molar-refractivity contribution in [2.75, 3.05) is 0 Å². The molecule has 0 bridgehead atoms. The van der Waals surface area contributed by atoms with Crippen LogP contribution in [0.3, 0.4) is 0 Å². The maximum absolute atomic E-state index is 13.8. The molecule has 1 unspecified atom stereocenters. The molecule has 0 aliphatic rings. The molecule has 0 saturated carbocycles. The molecule has 0 fully saturated rings. The zero-order valence-electron chi connectivity index (χ0n) is 18.5. The molecule has 2 amide bonds. The van der Waals surface area contributed by atoms with E-state index in [1.807, 2.05) is 74.5 Å². The Labute approximate surface area is 196 Å². The summed E-state index contributed by atoms with van der Waals surface area (Å²) in [5, 5.41) is 3.75. The number of nitrogens with zero attached hydrogens (tertiary/aromatic N) is 2. The van der Waals surface area contributed by atoms with Crippen LogP contribution < -0.4 is 5.32 Å². The second-order valence-corrected chi connectivity index (χ2v) is 8.88. The molecule has 0 spiro atoms. The quantitative estimate of drug-likeness (QED) is 0.400. The third-order valence-corrected chi connectivity index (χ3v) is 6.31. The Bertz CT molecular complexity index is 1200. The number of carbonyl (C=O) groups is 2. The number of thiazole rings is 1. The average molecular weight is 460 g/mol. The smallest absolute Gasteiger partial charge is 0.267 e. The van der Waals surface area contributed by atoms with Gasteiger partial charge in [-0.05, 0) is 37.1 Å². The van der Waals surface area contributed by atoms with Crippen molar-refractivity contribution in [3.05, 3.63) is 112 Å². The number of nitrogens with one attached hydrogen (secondary N) is 1. The van der Waals surface area contributed by atoms with Gasteiger partial charge in [0.1, 0.15) is 16.7 Å². The molecule has 0 radical (unpaired) electrons. The third-order valence-electron chi connectivity index (χ3n) is 5.25. The summed E-state index contributed by atoms with van der Waals surface area (Å²) in [5.41, 5.74) is 2.34.